The zero-order valence-electron chi connectivity index (χ0n) is 17.3. The minimum absolute atomic E-state index is 0.0313. The van der Waals surface area contributed by atoms with Gasteiger partial charge in [0.1, 0.15) is 17.1 Å². The van der Waals surface area contributed by atoms with E-state index < -0.39 is 0 Å². The Labute approximate surface area is 183 Å². The van der Waals surface area contributed by atoms with E-state index >= 15 is 0 Å². The molecule has 0 unspecified atom stereocenters. The normalized spacial score (nSPS) is 16.8. The Hall–Kier alpha value is -3.10. The average molecular weight is 438 g/mol. The maximum atomic E-state index is 12.8. The van der Waals surface area contributed by atoms with E-state index in [4.69, 9.17) is 9.15 Å². The number of hydrogen-bond acceptors (Lipinski definition) is 7. The van der Waals surface area contributed by atoms with Gasteiger partial charge in [0.2, 0.25) is 5.43 Å². The van der Waals surface area contributed by atoms with Crippen molar-refractivity contribution in [2.24, 2.45) is 0 Å². The van der Waals surface area contributed by atoms with Crippen LogP contribution in [0.25, 0.3) is 21.4 Å². The highest BCUT2D eigenvalue weighted by Gasteiger charge is 2.24. The van der Waals surface area contributed by atoms with Crippen molar-refractivity contribution >= 4 is 39.1 Å². The summed E-state index contributed by atoms with van der Waals surface area (Å²) in [6.45, 7) is 8.00. The van der Waals surface area contributed by atoms with Gasteiger partial charge >= 0.3 is 0 Å². The molecule has 1 saturated heterocycles. The molecule has 2 aliphatic rings. The second-order valence-corrected chi connectivity index (χ2v) is 8.65. The number of anilines is 2. The number of fused-ring (bicyclic) bond motifs is 2. The minimum Gasteiger partial charge on any atom is -0.490 e. The predicted octanol–water partition coefficient (Wildman–Crippen LogP) is 3.18. The molecule has 0 N–H and O–H groups in total. The van der Waals surface area contributed by atoms with E-state index in [0.717, 1.165) is 37.3 Å². The van der Waals surface area contributed by atoms with E-state index in [1.165, 1.54) is 17.4 Å². The molecule has 3 aromatic rings. The van der Waals surface area contributed by atoms with Crippen LogP contribution in [0, 0.1) is 0 Å². The number of nitrogens with zero attached hydrogens (tertiary/aromatic N) is 3. The van der Waals surface area contributed by atoms with Crippen LogP contribution in [0.2, 0.25) is 0 Å². The summed E-state index contributed by atoms with van der Waals surface area (Å²) in [4.78, 5) is 31.1. The fraction of sp³-hybridized carbons (Fsp3) is 0.304. The number of piperazine rings is 1. The summed E-state index contributed by atoms with van der Waals surface area (Å²) in [6, 6.07) is 7.31. The smallest absolute Gasteiger partial charge is 0.250 e. The topological polar surface area (TPSA) is 66.2 Å². The molecular weight excluding hydrogens is 414 g/mol. The molecule has 1 aromatic carbocycles. The third-order valence-corrected chi connectivity index (χ3v) is 6.80. The SMILES string of the molecule is C=CC(=O)N1CCOc2ccc(-c3csc4c(=O)cc(N5CCN(C)CC5)oc34)cc21. The molecule has 0 spiro atoms. The molecule has 1 fully saturated rings. The first-order valence-electron chi connectivity index (χ1n) is 10.2. The van der Waals surface area contributed by atoms with Crippen molar-refractivity contribution in [2.45, 2.75) is 0 Å². The Bertz CT molecular complexity index is 1220. The number of benzene rings is 1. The number of thiophene rings is 1. The van der Waals surface area contributed by atoms with Crippen molar-refractivity contribution in [3.63, 3.8) is 0 Å². The molecule has 0 bridgehead atoms. The largest absolute Gasteiger partial charge is 0.490 e. The first-order chi connectivity index (χ1) is 15.0. The van der Waals surface area contributed by atoms with E-state index in [1.54, 1.807) is 11.0 Å². The van der Waals surface area contributed by atoms with Crippen LogP contribution in [0.1, 0.15) is 0 Å². The number of likely N-dealkylation sites (N-methyl/N-ethyl adjacent to an activating group) is 1. The molecule has 0 radical (unpaired) electrons. The number of amides is 1. The highest BCUT2D eigenvalue weighted by atomic mass is 32.1. The van der Waals surface area contributed by atoms with Crippen molar-refractivity contribution in [1.29, 1.82) is 0 Å². The van der Waals surface area contributed by atoms with Gasteiger partial charge in [0, 0.05) is 43.2 Å². The zero-order chi connectivity index (χ0) is 21.5. The molecule has 0 aliphatic carbocycles. The number of carbonyl (C=O) groups is 1. The van der Waals surface area contributed by atoms with Crippen LogP contribution in [0.5, 0.6) is 5.75 Å². The number of rotatable bonds is 3. The maximum absolute atomic E-state index is 12.8. The molecule has 4 heterocycles. The Morgan fingerprint density at radius 1 is 1.16 bits per heavy atom. The van der Waals surface area contributed by atoms with E-state index in [1.807, 2.05) is 23.6 Å². The zero-order valence-corrected chi connectivity index (χ0v) is 18.1. The summed E-state index contributed by atoms with van der Waals surface area (Å²) in [7, 11) is 2.09. The highest BCUT2D eigenvalue weighted by molar-refractivity contribution is 7.17. The van der Waals surface area contributed by atoms with Crippen LogP contribution in [0.15, 0.2) is 51.5 Å². The standard InChI is InChI=1S/C23H23N3O4S/c1-3-20(28)26-10-11-29-19-5-4-15(12-17(19)26)16-14-31-23-18(27)13-21(30-22(16)23)25-8-6-24(2)7-9-25/h3-5,12-14H,1,6-11H2,2H3. The summed E-state index contributed by atoms with van der Waals surface area (Å²) in [6.07, 6.45) is 1.31. The van der Waals surface area contributed by atoms with Gasteiger partial charge in [0.25, 0.3) is 5.91 Å². The maximum Gasteiger partial charge on any atom is 0.250 e. The molecule has 7 nitrogen and oxygen atoms in total. The number of hydrogen-bond donors (Lipinski definition) is 0. The van der Waals surface area contributed by atoms with E-state index in [-0.39, 0.29) is 11.3 Å². The van der Waals surface area contributed by atoms with Crippen molar-refractivity contribution in [3.8, 4) is 16.9 Å². The lowest BCUT2D eigenvalue weighted by atomic mass is 10.1. The van der Waals surface area contributed by atoms with Gasteiger partial charge in [0.15, 0.2) is 11.5 Å². The molecule has 2 aliphatic heterocycles. The van der Waals surface area contributed by atoms with Crippen molar-refractivity contribution in [1.82, 2.24) is 4.90 Å². The molecule has 0 saturated carbocycles. The van der Waals surface area contributed by atoms with E-state index in [9.17, 15) is 9.59 Å². The Balaban J connectivity index is 1.59. The van der Waals surface area contributed by atoms with Crippen molar-refractivity contribution < 1.29 is 13.9 Å². The Kier molecular flexibility index (Phi) is 5.03. The van der Waals surface area contributed by atoms with Crippen LogP contribution < -0.4 is 20.0 Å². The summed E-state index contributed by atoms with van der Waals surface area (Å²) < 4.78 is 12.6. The summed E-state index contributed by atoms with van der Waals surface area (Å²) in [5, 5.41) is 1.94. The molecule has 31 heavy (non-hydrogen) atoms. The highest BCUT2D eigenvalue weighted by Crippen LogP contribution is 2.40. The van der Waals surface area contributed by atoms with Crippen molar-refractivity contribution in [2.75, 3.05) is 56.2 Å². The average Bonchev–Trinajstić information content (AvgIpc) is 3.23. The van der Waals surface area contributed by atoms with Crippen LogP contribution in [0.4, 0.5) is 11.6 Å². The lowest BCUT2D eigenvalue weighted by Gasteiger charge is -2.32. The number of ether oxygens (including phenoxy) is 1. The molecule has 0 atom stereocenters. The van der Waals surface area contributed by atoms with Gasteiger partial charge in [-0.1, -0.05) is 12.6 Å². The fourth-order valence-electron chi connectivity index (χ4n) is 4.04. The molecule has 160 valence electrons. The lowest BCUT2D eigenvalue weighted by Crippen LogP contribution is -2.44. The van der Waals surface area contributed by atoms with Crippen molar-refractivity contribution in [3.05, 3.63) is 52.5 Å². The monoisotopic (exact) mass is 437 g/mol. The van der Waals surface area contributed by atoms with Crippen LogP contribution in [-0.2, 0) is 4.79 Å². The minimum atomic E-state index is -0.166. The van der Waals surface area contributed by atoms with E-state index in [0.29, 0.717) is 40.8 Å². The molecule has 1 amide bonds. The van der Waals surface area contributed by atoms with Gasteiger partial charge in [-0.25, -0.2) is 0 Å². The van der Waals surface area contributed by atoms with Gasteiger partial charge in [0.05, 0.1) is 12.2 Å². The van der Waals surface area contributed by atoms with E-state index in [2.05, 4.69) is 23.4 Å². The van der Waals surface area contributed by atoms with Gasteiger partial charge in [-0.3, -0.25) is 9.59 Å². The second kappa shape index (κ2) is 7.86. The third-order valence-electron chi connectivity index (χ3n) is 5.82. The van der Waals surface area contributed by atoms with Crippen LogP contribution >= 0.6 is 11.3 Å². The van der Waals surface area contributed by atoms with Crippen LogP contribution in [-0.4, -0.2) is 57.2 Å². The Morgan fingerprint density at radius 3 is 2.74 bits per heavy atom. The number of carbonyl (C=O) groups excluding carboxylic acids is 1. The lowest BCUT2D eigenvalue weighted by molar-refractivity contribution is -0.114. The summed E-state index contributed by atoms with van der Waals surface area (Å²) in [5.41, 5.74) is 2.97. The van der Waals surface area contributed by atoms with Gasteiger partial charge in [-0.05, 0) is 30.8 Å². The second-order valence-electron chi connectivity index (χ2n) is 7.77. The molecule has 8 heteroatoms. The molecule has 5 rings (SSSR count). The summed E-state index contributed by atoms with van der Waals surface area (Å²) >= 11 is 1.38. The predicted molar refractivity (Wildman–Crippen MR) is 124 cm³/mol. The van der Waals surface area contributed by atoms with Gasteiger partial charge in [-0.15, -0.1) is 11.3 Å². The first kappa shape index (κ1) is 19.8. The van der Waals surface area contributed by atoms with Gasteiger partial charge < -0.3 is 23.9 Å². The third kappa shape index (κ3) is 3.51. The Morgan fingerprint density at radius 2 is 1.97 bits per heavy atom. The first-order valence-corrected chi connectivity index (χ1v) is 11.1. The molecule has 2 aromatic heterocycles. The van der Waals surface area contributed by atoms with Gasteiger partial charge in [-0.2, -0.15) is 0 Å². The van der Waals surface area contributed by atoms with Crippen LogP contribution in [0.3, 0.4) is 0 Å². The fourth-order valence-corrected chi connectivity index (χ4v) is 4.95. The molecular formula is C23H23N3O4S. The summed E-state index contributed by atoms with van der Waals surface area (Å²) in [5.74, 6) is 1.10. The quantitative estimate of drug-likeness (QED) is 0.587.